The van der Waals surface area contributed by atoms with Crippen LogP contribution in [0, 0.1) is 6.92 Å². The number of benzene rings is 1. The minimum atomic E-state index is -1.00. The van der Waals surface area contributed by atoms with Crippen LogP contribution >= 0.6 is 0 Å². The Labute approximate surface area is 158 Å². The number of anilines is 1. The van der Waals surface area contributed by atoms with Crippen molar-refractivity contribution in [3.8, 4) is 0 Å². The molecule has 27 heavy (non-hydrogen) atoms. The van der Waals surface area contributed by atoms with Crippen LogP contribution in [0.1, 0.15) is 34.5 Å². The summed E-state index contributed by atoms with van der Waals surface area (Å²) in [5.41, 5.74) is 1.64. The highest BCUT2D eigenvalue weighted by Gasteiger charge is 2.26. The van der Waals surface area contributed by atoms with Crippen molar-refractivity contribution in [3.63, 3.8) is 0 Å². The van der Waals surface area contributed by atoms with E-state index in [9.17, 15) is 14.7 Å². The van der Waals surface area contributed by atoms with E-state index in [-0.39, 0.29) is 17.9 Å². The van der Waals surface area contributed by atoms with Crippen LogP contribution in [0.25, 0.3) is 0 Å². The molecule has 2 heterocycles. The second-order valence-corrected chi connectivity index (χ2v) is 6.89. The van der Waals surface area contributed by atoms with Gasteiger partial charge in [-0.3, -0.25) is 4.79 Å². The van der Waals surface area contributed by atoms with Crippen LogP contribution in [0.4, 0.5) is 5.82 Å². The summed E-state index contributed by atoms with van der Waals surface area (Å²) in [6.45, 7) is 3.22. The normalized spacial score (nSPS) is 14.8. The van der Waals surface area contributed by atoms with Gasteiger partial charge in [0.15, 0.2) is 5.82 Å². The number of hydrogen-bond acceptors (Lipinski definition) is 5. The molecule has 1 aromatic carbocycles. The molecule has 2 aromatic rings. The molecule has 0 atom stereocenters. The molecule has 1 N–H and O–H groups in total. The Morgan fingerprint density at radius 1 is 1.15 bits per heavy atom. The van der Waals surface area contributed by atoms with Crippen molar-refractivity contribution in [2.75, 3.05) is 25.0 Å². The average molecular weight is 368 g/mol. The van der Waals surface area contributed by atoms with E-state index < -0.39 is 5.97 Å². The number of piperidine rings is 1. The molecule has 1 amide bonds. The Kier molecular flexibility index (Phi) is 5.69. The van der Waals surface area contributed by atoms with Crippen LogP contribution in [0.15, 0.2) is 36.4 Å². The second-order valence-electron chi connectivity index (χ2n) is 6.89. The first kappa shape index (κ1) is 18.8. The molecule has 3 rings (SSSR count). The largest absolute Gasteiger partial charge is 0.478 e. The monoisotopic (exact) mass is 368 g/mol. The van der Waals surface area contributed by atoms with Crippen molar-refractivity contribution in [1.29, 1.82) is 0 Å². The molecule has 1 aliphatic rings. The second kappa shape index (κ2) is 8.16. The predicted octanol–water partition coefficient (Wildman–Crippen LogP) is 2.15. The molecule has 0 spiro atoms. The lowest BCUT2D eigenvalue weighted by atomic mass is 10.0. The zero-order chi connectivity index (χ0) is 19.4. The third kappa shape index (κ3) is 4.42. The molecule has 1 aromatic heterocycles. The molecule has 1 aliphatic heterocycles. The Morgan fingerprint density at radius 2 is 1.85 bits per heavy atom. The van der Waals surface area contributed by atoms with Gasteiger partial charge in [-0.1, -0.05) is 18.2 Å². The molecular formula is C20H24N4O3. The molecule has 7 nitrogen and oxygen atoms in total. The van der Waals surface area contributed by atoms with Crippen molar-refractivity contribution in [3.05, 3.63) is 53.2 Å². The number of nitrogens with zero attached hydrogens (tertiary/aromatic N) is 4. The van der Waals surface area contributed by atoms with Gasteiger partial charge in [-0.15, -0.1) is 5.10 Å². The number of rotatable bonds is 5. The van der Waals surface area contributed by atoms with Gasteiger partial charge in [0, 0.05) is 26.2 Å². The number of carboxylic acids is 1. The van der Waals surface area contributed by atoms with Crippen LogP contribution in [0.3, 0.4) is 0 Å². The van der Waals surface area contributed by atoms with E-state index in [0.717, 1.165) is 24.4 Å². The summed E-state index contributed by atoms with van der Waals surface area (Å²) in [6.07, 6.45) is 1.81. The van der Waals surface area contributed by atoms with Crippen LogP contribution in [0.2, 0.25) is 0 Å². The maximum Gasteiger partial charge on any atom is 0.335 e. The first-order chi connectivity index (χ1) is 13.0. The van der Waals surface area contributed by atoms with E-state index in [1.165, 1.54) is 6.07 Å². The number of carbonyl (C=O) groups excluding carboxylic acids is 1. The van der Waals surface area contributed by atoms with Crippen LogP contribution in [0.5, 0.6) is 0 Å². The third-order valence-electron chi connectivity index (χ3n) is 5.10. The maximum absolute atomic E-state index is 12.6. The van der Waals surface area contributed by atoms with E-state index in [4.69, 9.17) is 0 Å². The fourth-order valence-corrected chi connectivity index (χ4v) is 3.43. The fraction of sp³-hybridized carbons (Fsp3) is 0.400. The highest BCUT2D eigenvalue weighted by atomic mass is 16.4. The summed E-state index contributed by atoms with van der Waals surface area (Å²) < 4.78 is 0. The van der Waals surface area contributed by atoms with Gasteiger partial charge >= 0.3 is 5.97 Å². The predicted molar refractivity (Wildman–Crippen MR) is 102 cm³/mol. The molecule has 0 radical (unpaired) electrons. The number of aromatic carboxylic acids is 1. The molecule has 7 heteroatoms. The quantitative estimate of drug-likeness (QED) is 0.870. The summed E-state index contributed by atoms with van der Waals surface area (Å²) in [7, 11) is 2.00. The van der Waals surface area contributed by atoms with Crippen LogP contribution in [-0.4, -0.2) is 58.3 Å². The van der Waals surface area contributed by atoms with Gasteiger partial charge in [0.1, 0.15) is 0 Å². The highest BCUT2D eigenvalue weighted by molar-refractivity contribution is 5.91. The van der Waals surface area contributed by atoms with Crippen molar-refractivity contribution < 1.29 is 14.7 Å². The number of aromatic nitrogens is 2. The smallest absolute Gasteiger partial charge is 0.335 e. The lowest BCUT2D eigenvalue weighted by Crippen LogP contribution is -2.46. The average Bonchev–Trinajstić information content (AvgIpc) is 2.68. The van der Waals surface area contributed by atoms with E-state index in [2.05, 4.69) is 15.1 Å². The van der Waals surface area contributed by atoms with E-state index in [1.807, 2.05) is 31.0 Å². The molecular weight excluding hydrogens is 344 g/mol. The van der Waals surface area contributed by atoms with Gasteiger partial charge in [-0.2, -0.15) is 5.10 Å². The fourth-order valence-electron chi connectivity index (χ4n) is 3.43. The minimum Gasteiger partial charge on any atom is -0.478 e. The molecule has 0 unspecified atom stereocenters. The van der Waals surface area contributed by atoms with Crippen LogP contribution < -0.4 is 4.90 Å². The number of carbonyl (C=O) groups is 2. The van der Waals surface area contributed by atoms with E-state index in [0.29, 0.717) is 24.7 Å². The Balaban J connectivity index is 1.58. The molecule has 0 saturated carbocycles. The topological polar surface area (TPSA) is 86.6 Å². The minimum absolute atomic E-state index is 0.0278. The summed E-state index contributed by atoms with van der Waals surface area (Å²) >= 11 is 0. The SMILES string of the molecule is Cc1ccc(N(C)C2CCN(C(=O)Cc3ccccc3C(=O)O)CC2)nn1. The first-order valence-corrected chi connectivity index (χ1v) is 9.08. The third-order valence-corrected chi connectivity index (χ3v) is 5.10. The van der Waals surface area contributed by atoms with Gasteiger partial charge in [0.25, 0.3) is 0 Å². The molecule has 0 bridgehead atoms. The van der Waals surface area contributed by atoms with Crippen molar-refractivity contribution in [1.82, 2.24) is 15.1 Å². The first-order valence-electron chi connectivity index (χ1n) is 9.08. The number of aryl methyl sites for hydroxylation is 1. The Bertz CT molecular complexity index is 814. The molecule has 142 valence electrons. The standard InChI is InChI=1S/C20H24N4O3/c1-14-7-8-18(22-21-14)23(2)16-9-11-24(12-10-16)19(25)13-15-5-3-4-6-17(15)20(26)27/h3-8,16H,9-13H2,1-2H3,(H,26,27). The number of hydrogen-bond donors (Lipinski definition) is 1. The van der Waals surface area contributed by atoms with Crippen molar-refractivity contribution in [2.45, 2.75) is 32.2 Å². The maximum atomic E-state index is 12.6. The Hall–Kier alpha value is -2.96. The molecule has 1 saturated heterocycles. The van der Waals surface area contributed by atoms with Crippen molar-refractivity contribution >= 4 is 17.7 Å². The van der Waals surface area contributed by atoms with Gasteiger partial charge < -0.3 is 14.9 Å². The summed E-state index contributed by atoms with van der Waals surface area (Å²) in [5.74, 6) is -0.196. The highest BCUT2D eigenvalue weighted by Crippen LogP contribution is 2.21. The number of carboxylic acid groups (broad SMARTS) is 1. The number of likely N-dealkylation sites (tertiary alicyclic amines) is 1. The molecule has 1 fully saturated rings. The number of amides is 1. The summed E-state index contributed by atoms with van der Waals surface area (Å²) in [6, 6.07) is 10.9. The van der Waals surface area contributed by atoms with Gasteiger partial charge in [-0.25, -0.2) is 4.79 Å². The van der Waals surface area contributed by atoms with E-state index in [1.54, 1.807) is 18.2 Å². The van der Waals surface area contributed by atoms with E-state index >= 15 is 0 Å². The van der Waals surface area contributed by atoms with Crippen LogP contribution in [-0.2, 0) is 11.2 Å². The lowest BCUT2D eigenvalue weighted by Gasteiger charge is -2.37. The van der Waals surface area contributed by atoms with Gasteiger partial charge in [-0.05, 0) is 43.5 Å². The lowest BCUT2D eigenvalue weighted by molar-refractivity contribution is -0.131. The van der Waals surface area contributed by atoms with Crippen molar-refractivity contribution in [2.24, 2.45) is 0 Å². The summed E-state index contributed by atoms with van der Waals surface area (Å²) in [5, 5.41) is 17.6. The zero-order valence-electron chi connectivity index (χ0n) is 15.6. The Morgan fingerprint density at radius 3 is 2.48 bits per heavy atom. The van der Waals surface area contributed by atoms with Gasteiger partial charge in [0.2, 0.25) is 5.91 Å². The summed E-state index contributed by atoms with van der Waals surface area (Å²) in [4.78, 5) is 27.9. The zero-order valence-corrected chi connectivity index (χ0v) is 15.6. The molecule has 0 aliphatic carbocycles. The van der Waals surface area contributed by atoms with Gasteiger partial charge in [0.05, 0.1) is 17.7 Å².